The summed E-state index contributed by atoms with van der Waals surface area (Å²) in [6.07, 6.45) is 1.19. The van der Waals surface area contributed by atoms with Crippen molar-refractivity contribution in [1.29, 1.82) is 5.26 Å². The Labute approximate surface area is 183 Å². The fourth-order valence-electron chi connectivity index (χ4n) is 2.86. The molecule has 0 aliphatic carbocycles. The molecule has 0 amide bonds. The standard InChI is InChI=1S/C24H19N3O5/c1-31-24(30)19(16-25)14-18-15-21(28)27(26-23(18)17-8-4-2-5-9-17)13-12-22(29)32-20-10-6-3-7-11-20/h2-11,14-15H,12-13H2,1H3/b19-14+. The number of nitrogens with zero attached hydrogens (tertiary/aromatic N) is 3. The van der Waals surface area contributed by atoms with E-state index >= 15 is 0 Å². The molecule has 0 aliphatic rings. The van der Waals surface area contributed by atoms with Crippen LogP contribution in [-0.4, -0.2) is 28.8 Å². The van der Waals surface area contributed by atoms with Crippen molar-refractivity contribution in [3.8, 4) is 23.1 Å². The third-order valence-electron chi connectivity index (χ3n) is 4.40. The van der Waals surface area contributed by atoms with Crippen LogP contribution in [0.5, 0.6) is 5.75 Å². The van der Waals surface area contributed by atoms with Gasteiger partial charge in [-0.3, -0.25) is 9.59 Å². The largest absolute Gasteiger partial charge is 0.465 e. The minimum Gasteiger partial charge on any atom is -0.465 e. The number of carbonyl (C=O) groups excluding carboxylic acids is 2. The number of carbonyl (C=O) groups is 2. The number of hydrogen-bond donors (Lipinski definition) is 0. The van der Waals surface area contributed by atoms with Gasteiger partial charge in [-0.2, -0.15) is 10.4 Å². The number of methoxy groups -OCH3 is 1. The van der Waals surface area contributed by atoms with Crippen LogP contribution >= 0.6 is 0 Å². The van der Waals surface area contributed by atoms with E-state index in [-0.39, 0.29) is 24.1 Å². The second-order valence-corrected chi connectivity index (χ2v) is 6.57. The quantitative estimate of drug-likeness (QED) is 0.246. The number of benzene rings is 2. The number of para-hydroxylation sites is 1. The lowest BCUT2D eigenvalue weighted by Gasteiger charge is -2.11. The summed E-state index contributed by atoms with van der Waals surface area (Å²) in [4.78, 5) is 36.6. The van der Waals surface area contributed by atoms with E-state index in [0.29, 0.717) is 17.0 Å². The molecule has 3 aromatic rings. The summed E-state index contributed by atoms with van der Waals surface area (Å²) < 4.78 is 11.0. The van der Waals surface area contributed by atoms with Gasteiger partial charge in [0.1, 0.15) is 17.4 Å². The predicted octanol–water partition coefficient (Wildman–Crippen LogP) is 2.99. The van der Waals surface area contributed by atoms with Gasteiger partial charge in [0.15, 0.2) is 0 Å². The topological polar surface area (TPSA) is 111 Å². The van der Waals surface area contributed by atoms with Crippen LogP contribution in [0.4, 0.5) is 0 Å². The van der Waals surface area contributed by atoms with Crippen LogP contribution in [0.25, 0.3) is 17.3 Å². The van der Waals surface area contributed by atoms with Gasteiger partial charge in [0.05, 0.1) is 25.8 Å². The molecule has 0 radical (unpaired) electrons. The van der Waals surface area contributed by atoms with Crippen molar-refractivity contribution in [3.63, 3.8) is 0 Å². The first-order chi connectivity index (χ1) is 15.5. The maximum atomic E-state index is 12.6. The number of esters is 2. The molecule has 8 nitrogen and oxygen atoms in total. The number of nitriles is 1. The number of ether oxygens (including phenoxy) is 2. The smallest absolute Gasteiger partial charge is 0.348 e. The maximum Gasteiger partial charge on any atom is 0.348 e. The molecule has 0 fully saturated rings. The van der Waals surface area contributed by atoms with Crippen molar-refractivity contribution in [2.75, 3.05) is 7.11 Å². The van der Waals surface area contributed by atoms with E-state index in [1.165, 1.54) is 12.1 Å². The molecule has 0 spiro atoms. The molecule has 0 saturated heterocycles. The van der Waals surface area contributed by atoms with Crippen molar-refractivity contribution in [1.82, 2.24) is 9.78 Å². The van der Waals surface area contributed by atoms with E-state index in [2.05, 4.69) is 9.84 Å². The number of rotatable bonds is 7. The number of aryl methyl sites for hydroxylation is 1. The van der Waals surface area contributed by atoms with Crippen LogP contribution in [0.2, 0.25) is 0 Å². The Morgan fingerprint density at radius 3 is 2.38 bits per heavy atom. The van der Waals surface area contributed by atoms with Gasteiger partial charge in [-0.05, 0) is 18.2 Å². The molecular formula is C24H19N3O5. The summed E-state index contributed by atoms with van der Waals surface area (Å²) in [5.41, 5.74) is 0.562. The van der Waals surface area contributed by atoms with E-state index < -0.39 is 17.5 Å². The lowest BCUT2D eigenvalue weighted by atomic mass is 10.0. The molecule has 0 atom stereocenters. The Bertz CT molecular complexity index is 1240. The highest BCUT2D eigenvalue weighted by molar-refractivity contribution is 5.98. The summed E-state index contributed by atoms with van der Waals surface area (Å²) >= 11 is 0. The molecule has 3 rings (SSSR count). The Kier molecular flexibility index (Phi) is 7.28. The zero-order valence-electron chi connectivity index (χ0n) is 17.2. The van der Waals surface area contributed by atoms with Crippen molar-refractivity contribution < 1.29 is 19.1 Å². The monoisotopic (exact) mass is 429 g/mol. The van der Waals surface area contributed by atoms with E-state index in [4.69, 9.17) is 4.74 Å². The first kappa shape index (κ1) is 22.2. The van der Waals surface area contributed by atoms with Crippen LogP contribution in [0.1, 0.15) is 12.0 Å². The fourth-order valence-corrected chi connectivity index (χ4v) is 2.86. The minimum atomic E-state index is -0.820. The molecule has 0 unspecified atom stereocenters. The van der Waals surface area contributed by atoms with Gasteiger partial charge in [-0.1, -0.05) is 48.5 Å². The highest BCUT2D eigenvalue weighted by atomic mass is 16.5. The molecule has 1 aromatic heterocycles. The minimum absolute atomic E-state index is 0.00353. The zero-order valence-corrected chi connectivity index (χ0v) is 17.2. The molecule has 2 aromatic carbocycles. The molecule has 1 heterocycles. The zero-order chi connectivity index (χ0) is 22.9. The van der Waals surface area contributed by atoms with Gasteiger partial charge in [0.2, 0.25) is 0 Å². The fraction of sp³-hybridized carbons (Fsp3) is 0.125. The molecule has 0 N–H and O–H groups in total. The van der Waals surface area contributed by atoms with Crippen LogP contribution < -0.4 is 10.3 Å². The van der Waals surface area contributed by atoms with Crippen LogP contribution in [0, 0.1) is 11.3 Å². The summed E-state index contributed by atoms with van der Waals surface area (Å²) in [6.45, 7) is -0.00353. The molecule has 32 heavy (non-hydrogen) atoms. The molecule has 0 saturated carbocycles. The Morgan fingerprint density at radius 1 is 1.09 bits per heavy atom. The summed E-state index contributed by atoms with van der Waals surface area (Å²) in [7, 11) is 1.16. The van der Waals surface area contributed by atoms with E-state index in [1.54, 1.807) is 60.7 Å². The van der Waals surface area contributed by atoms with Crippen molar-refractivity contribution in [3.05, 3.63) is 88.2 Å². The lowest BCUT2D eigenvalue weighted by Crippen LogP contribution is -2.25. The molecule has 0 bridgehead atoms. The predicted molar refractivity (Wildman–Crippen MR) is 116 cm³/mol. The van der Waals surface area contributed by atoms with Crippen molar-refractivity contribution >= 4 is 18.0 Å². The highest BCUT2D eigenvalue weighted by Gasteiger charge is 2.15. The SMILES string of the molecule is COC(=O)/C(C#N)=C/c1cc(=O)n(CCC(=O)Oc2ccccc2)nc1-c1ccccc1. The van der Waals surface area contributed by atoms with E-state index in [9.17, 15) is 19.6 Å². The van der Waals surface area contributed by atoms with Gasteiger partial charge in [-0.25, -0.2) is 9.48 Å². The van der Waals surface area contributed by atoms with Gasteiger partial charge < -0.3 is 9.47 Å². The highest BCUT2D eigenvalue weighted by Crippen LogP contribution is 2.22. The average molecular weight is 429 g/mol. The maximum absolute atomic E-state index is 12.6. The first-order valence-electron chi connectivity index (χ1n) is 9.65. The van der Waals surface area contributed by atoms with E-state index in [0.717, 1.165) is 11.8 Å². The van der Waals surface area contributed by atoms with Crippen LogP contribution in [0.3, 0.4) is 0 Å². The van der Waals surface area contributed by atoms with Gasteiger partial charge >= 0.3 is 11.9 Å². The molecule has 0 aliphatic heterocycles. The Morgan fingerprint density at radius 2 is 1.75 bits per heavy atom. The molecular weight excluding hydrogens is 410 g/mol. The lowest BCUT2D eigenvalue weighted by molar-refractivity contribution is -0.136. The van der Waals surface area contributed by atoms with Crippen molar-refractivity contribution in [2.24, 2.45) is 0 Å². The third-order valence-corrected chi connectivity index (χ3v) is 4.40. The van der Waals surface area contributed by atoms with Crippen LogP contribution in [0.15, 0.2) is 77.1 Å². The normalized spacial score (nSPS) is 10.8. The van der Waals surface area contributed by atoms with E-state index in [1.807, 2.05) is 6.07 Å². The second kappa shape index (κ2) is 10.5. The summed E-state index contributed by atoms with van der Waals surface area (Å²) in [6, 6.07) is 20.6. The van der Waals surface area contributed by atoms with Crippen molar-refractivity contribution in [2.45, 2.75) is 13.0 Å². The second-order valence-electron chi connectivity index (χ2n) is 6.57. The van der Waals surface area contributed by atoms with Gasteiger partial charge in [-0.15, -0.1) is 0 Å². The van der Waals surface area contributed by atoms with Gasteiger partial charge in [0.25, 0.3) is 5.56 Å². The summed E-state index contributed by atoms with van der Waals surface area (Å²) in [5.74, 6) is -0.915. The summed E-state index contributed by atoms with van der Waals surface area (Å²) in [5, 5.41) is 13.7. The first-order valence-corrected chi connectivity index (χ1v) is 9.65. The average Bonchev–Trinajstić information content (AvgIpc) is 2.82. The third kappa shape index (κ3) is 5.55. The Balaban J connectivity index is 1.93. The number of hydrogen-bond acceptors (Lipinski definition) is 7. The van der Waals surface area contributed by atoms with Crippen LogP contribution in [-0.2, 0) is 20.9 Å². The Hall–Kier alpha value is -4.51. The molecule has 8 heteroatoms. The van der Waals surface area contributed by atoms with Gasteiger partial charge in [0, 0.05) is 17.2 Å². The molecule has 160 valence electrons. The number of aromatic nitrogens is 2.